The molecule has 1 aromatic heterocycles. The molecule has 0 bridgehead atoms. The Balaban J connectivity index is 2.15. The molecule has 0 aliphatic heterocycles. The van der Waals surface area contributed by atoms with Crippen LogP contribution in [-0.2, 0) is 6.42 Å². The summed E-state index contributed by atoms with van der Waals surface area (Å²) in [5.74, 6) is 0. The third-order valence-corrected chi connectivity index (χ3v) is 4.36. The molecule has 0 atom stereocenters. The molecule has 0 aliphatic carbocycles. The Morgan fingerprint density at radius 2 is 1.58 bits per heavy atom. The zero-order chi connectivity index (χ0) is 16.5. The van der Waals surface area contributed by atoms with Crippen LogP contribution in [0.4, 0.5) is 0 Å². The molecule has 4 N–H and O–H groups in total. The number of rotatable bonds is 3. The van der Waals surface area contributed by atoms with Gasteiger partial charge in [0.2, 0.25) is 0 Å². The number of pyridine rings is 1. The van der Waals surface area contributed by atoms with E-state index in [9.17, 15) is 0 Å². The molecule has 0 spiro atoms. The Morgan fingerprint density at radius 1 is 0.833 bits per heavy atom. The van der Waals surface area contributed by atoms with Gasteiger partial charge in [-0.15, -0.1) is 0 Å². The van der Waals surface area contributed by atoms with Gasteiger partial charge in [0.25, 0.3) is 0 Å². The molecule has 4 rings (SSSR count). The Morgan fingerprint density at radius 3 is 2.38 bits per heavy atom. The first kappa shape index (κ1) is 14.8. The molecule has 0 amide bonds. The van der Waals surface area contributed by atoms with E-state index in [0.717, 1.165) is 27.4 Å². The topological polar surface area (TPSA) is 64.9 Å². The molecule has 1 heterocycles. The minimum absolute atomic E-state index is 0.382. The maximum atomic E-state index is 5.89. The van der Waals surface area contributed by atoms with E-state index in [2.05, 4.69) is 59.6 Å². The van der Waals surface area contributed by atoms with Crippen molar-refractivity contribution in [2.45, 2.75) is 12.6 Å². The van der Waals surface area contributed by atoms with E-state index in [0.29, 0.717) is 6.42 Å². The average molecular weight is 313 g/mol. The quantitative estimate of drug-likeness (QED) is 0.446. The first-order valence-corrected chi connectivity index (χ1v) is 8.10. The molecule has 118 valence electrons. The molecule has 0 unspecified atom stereocenters. The normalized spacial score (nSPS) is 11.5. The first-order valence-electron chi connectivity index (χ1n) is 8.10. The van der Waals surface area contributed by atoms with Gasteiger partial charge in [-0.3, -0.25) is 4.98 Å². The smallest absolute Gasteiger partial charge is 0.0714 e. The molecule has 0 fully saturated rings. The molecule has 4 aromatic rings. The third-order valence-electron chi connectivity index (χ3n) is 4.36. The lowest BCUT2D eigenvalue weighted by atomic mass is 9.90. The Hall–Kier alpha value is -2.75. The summed E-state index contributed by atoms with van der Waals surface area (Å²) in [6.45, 7) is 0. The predicted molar refractivity (Wildman–Crippen MR) is 101 cm³/mol. The molecular weight excluding hydrogens is 294 g/mol. The van der Waals surface area contributed by atoms with E-state index in [-0.39, 0.29) is 6.17 Å². The van der Waals surface area contributed by atoms with E-state index >= 15 is 0 Å². The highest BCUT2D eigenvalue weighted by Gasteiger charge is 2.14. The van der Waals surface area contributed by atoms with Crippen molar-refractivity contribution < 1.29 is 0 Å². The molecule has 0 radical (unpaired) electrons. The van der Waals surface area contributed by atoms with Crippen molar-refractivity contribution in [3.63, 3.8) is 0 Å². The molecule has 24 heavy (non-hydrogen) atoms. The lowest BCUT2D eigenvalue weighted by molar-refractivity contribution is 0.704. The van der Waals surface area contributed by atoms with Crippen molar-refractivity contribution in [3.05, 3.63) is 78.5 Å². The van der Waals surface area contributed by atoms with Gasteiger partial charge in [0.1, 0.15) is 0 Å². The summed E-state index contributed by atoms with van der Waals surface area (Å²) in [6, 6.07) is 22.9. The highest BCUT2D eigenvalue weighted by Crippen LogP contribution is 2.36. The second kappa shape index (κ2) is 6.04. The molecular formula is C21H19N3. The van der Waals surface area contributed by atoms with Gasteiger partial charge < -0.3 is 11.5 Å². The van der Waals surface area contributed by atoms with Crippen LogP contribution in [0.15, 0.2) is 72.9 Å². The average Bonchev–Trinajstić information content (AvgIpc) is 2.61. The number of aromatic nitrogens is 1. The Bertz CT molecular complexity index is 1010. The molecule has 0 saturated heterocycles. The maximum Gasteiger partial charge on any atom is 0.0714 e. The lowest BCUT2D eigenvalue weighted by Crippen LogP contribution is -2.32. The van der Waals surface area contributed by atoms with Gasteiger partial charge in [0.15, 0.2) is 0 Å². The highest BCUT2D eigenvalue weighted by atomic mass is 14.8. The van der Waals surface area contributed by atoms with Crippen LogP contribution in [0.3, 0.4) is 0 Å². The van der Waals surface area contributed by atoms with Crippen molar-refractivity contribution in [1.29, 1.82) is 0 Å². The van der Waals surface area contributed by atoms with Crippen LogP contribution in [0, 0.1) is 0 Å². The predicted octanol–water partition coefficient (Wildman–Crippen LogP) is 3.84. The monoisotopic (exact) mass is 313 g/mol. The number of nitrogens with zero attached hydrogens (tertiary/aromatic N) is 1. The van der Waals surface area contributed by atoms with E-state index in [1.807, 2.05) is 18.3 Å². The summed E-state index contributed by atoms with van der Waals surface area (Å²) < 4.78 is 0. The van der Waals surface area contributed by atoms with Crippen LogP contribution < -0.4 is 11.5 Å². The van der Waals surface area contributed by atoms with Crippen molar-refractivity contribution in [1.82, 2.24) is 4.98 Å². The lowest BCUT2D eigenvalue weighted by Gasteiger charge is -2.16. The fourth-order valence-electron chi connectivity index (χ4n) is 3.35. The van der Waals surface area contributed by atoms with Crippen LogP contribution >= 0.6 is 0 Å². The van der Waals surface area contributed by atoms with Crippen LogP contribution in [-0.4, -0.2) is 11.1 Å². The van der Waals surface area contributed by atoms with Crippen LogP contribution in [0.1, 0.15) is 5.56 Å². The maximum absolute atomic E-state index is 5.89. The molecule has 3 aromatic carbocycles. The number of nitrogens with two attached hydrogens (primary N) is 2. The van der Waals surface area contributed by atoms with Gasteiger partial charge in [-0.2, -0.15) is 0 Å². The van der Waals surface area contributed by atoms with Crippen molar-refractivity contribution in [2.75, 3.05) is 0 Å². The van der Waals surface area contributed by atoms with Crippen LogP contribution in [0.5, 0.6) is 0 Å². The van der Waals surface area contributed by atoms with Crippen molar-refractivity contribution in [2.24, 2.45) is 11.5 Å². The van der Waals surface area contributed by atoms with Gasteiger partial charge >= 0.3 is 0 Å². The van der Waals surface area contributed by atoms with Gasteiger partial charge in [0.05, 0.1) is 11.7 Å². The number of hydrogen-bond donors (Lipinski definition) is 2. The van der Waals surface area contributed by atoms with Crippen LogP contribution in [0.2, 0.25) is 0 Å². The second-order valence-corrected chi connectivity index (χ2v) is 6.07. The summed E-state index contributed by atoms with van der Waals surface area (Å²) in [7, 11) is 0. The summed E-state index contributed by atoms with van der Waals surface area (Å²) in [5, 5.41) is 3.50. The van der Waals surface area contributed by atoms with E-state index in [1.54, 1.807) is 0 Å². The van der Waals surface area contributed by atoms with E-state index in [4.69, 9.17) is 11.5 Å². The first-order chi connectivity index (χ1) is 11.7. The fraction of sp³-hybridized carbons (Fsp3) is 0.0952. The molecule has 3 nitrogen and oxygen atoms in total. The Labute approximate surface area is 140 Å². The van der Waals surface area contributed by atoms with Gasteiger partial charge in [0, 0.05) is 23.4 Å². The molecule has 3 heteroatoms. The molecule has 0 saturated carbocycles. The number of benzene rings is 3. The van der Waals surface area contributed by atoms with Crippen molar-refractivity contribution in [3.8, 4) is 11.1 Å². The minimum atomic E-state index is -0.382. The second-order valence-electron chi connectivity index (χ2n) is 6.07. The number of hydrogen-bond acceptors (Lipinski definition) is 3. The van der Waals surface area contributed by atoms with Crippen LogP contribution in [0.25, 0.3) is 32.8 Å². The zero-order valence-corrected chi connectivity index (χ0v) is 13.3. The van der Waals surface area contributed by atoms with Crippen molar-refractivity contribution >= 4 is 21.7 Å². The summed E-state index contributed by atoms with van der Waals surface area (Å²) in [5.41, 5.74) is 16.3. The number of fused-ring (bicyclic) bond motifs is 3. The summed E-state index contributed by atoms with van der Waals surface area (Å²) in [4.78, 5) is 4.65. The SMILES string of the molecule is NC(N)Cc1ccc2ncc3ccccc3c2c1-c1ccccc1. The van der Waals surface area contributed by atoms with E-state index < -0.39 is 0 Å². The van der Waals surface area contributed by atoms with Gasteiger partial charge in [-0.05, 0) is 28.1 Å². The third kappa shape index (κ3) is 2.54. The fourth-order valence-corrected chi connectivity index (χ4v) is 3.35. The standard InChI is InChI=1S/C21H19N3/c22-19(23)12-15-10-11-18-21(20(15)14-6-2-1-3-7-14)17-9-5-4-8-16(17)13-24-18/h1-11,13,19H,12,22-23H2. The van der Waals surface area contributed by atoms with Gasteiger partial charge in [-0.1, -0.05) is 60.7 Å². The van der Waals surface area contributed by atoms with Gasteiger partial charge in [-0.25, -0.2) is 0 Å². The minimum Gasteiger partial charge on any atom is -0.316 e. The molecule has 0 aliphatic rings. The zero-order valence-electron chi connectivity index (χ0n) is 13.3. The Kier molecular flexibility index (Phi) is 3.73. The summed E-state index contributed by atoms with van der Waals surface area (Å²) in [6.07, 6.45) is 2.18. The summed E-state index contributed by atoms with van der Waals surface area (Å²) >= 11 is 0. The highest BCUT2D eigenvalue weighted by molar-refractivity contribution is 6.13. The largest absolute Gasteiger partial charge is 0.316 e. The van der Waals surface area contributed by atoms with E-state index in [1.165, 1.54) is 10.9 Å².